The predicted octanol–water partition coefficient (Wildman–Crippen LogP) is 15.8. The minimum Gasteiger partial charge on any atom is -0.753 e. The predicted molar refractivity (Wildman–Crippen MR) is 312 cm³/mol. The summed E-state index contributed by atoms with van der Waals surface area (Å²) in [5.41, 5.74) is 14.6. The van der Waals surface area contributed by atoms with E-state index in [0.717, 1.165) is 33.6 Å². The van der Waals surface area contributed by atoms with Crippen LogP contribution in [0.3, 0.4) is 0 Å². The molecular weight excluding hydrogens is 1070 g/mol. The van der Waals surface area contributed by atoms with E-state index in [2.05, 4.69) is 208 Å². The van der Waals surface area contributed by atoms with Gasteiger partial charge in [0.15, 0.2) is 0 Å². The van der Waals surface area contributed by atoms with Gasteiger partial charge in [-0.3, -0.25) is 9.97 Å². The third-order valence-corrected chi connectivity index (χ3v) is 12.6. The molecule has 6 heterocycles. The van der Waals surface area contributed by atoms with Crippen molar-refractivity contribution in [3.63, 3.8) is 0 Å². The quantitative estimate of drug-likeness (QED) is 0.0810. The maximum atomic E-state index is 11.8. The SMILES string of the molecule is O=C(O)c1ccnc(-c2cccc(-c3cc(/C=C/c4ccc(-n5c6ccccc6c6ccccc65)cc4)cc(-c4cc(/C=C/c5ccc(-n6c7ccccc7c7ccccc76)cc5)ccn4)n3)n2)c1.[N-]=C=S.[N-]=C=S.[Ru+2]. The van der Waals surface area contributed by atoms with Crippen molar-refractivity contribution in [2.75, 3.05) is 0 Å². The fraction of sp³-hybridized carbons (Fsp3) is 0. The third-order valence-electron chi connectivity index (χ3n) is 12.6. The molecule has 0 fully saturated rings. The second-order valence-electron chi connectivity index (χ2n) is 17.1. The molecule has 76 heavy (non-hydrogen) atoms. The molecule has 0 bridgehead atoms. The minimum atomic E-state index is -1.03. The van der Waals surface area contributed by atoms with E-state index in [-0.39, 0.29) is 25.0 Å². The van der Waals surface area contributed by atoms with Crippen molar-refractivity contribution >= 4 is 109 Å². The fourth-order valence-electron chi connectivity index (χ4n) is 9.28. The smallest absolute Gasteiger partial charge is 0.753 e. The van der Waals surface area contributed by atoms with Gasteiger partial charge in [0.05, 0.1) is 61.8 Å². The zero-order chi connectivity index (χ0) is 51.7. The first-order valence-corrected chi connectivity index (χ1v) is 24.4. The Morgan fingerprint density at radius 3 is 1.24 bits per heavy atom. The second kappa shape index (κ2) is 23.7. The van der Waals surface area contributed by atoms with Crippen LogP contribution in [0.2, 0.25) is 0 Å². The maximum absolute atomic E-state index is 11.8. The van der Waals surface area contributed by atoms with Crippen LogP contribution in [0.5, 0.6) is 0 Å². The second-order valence-corrected chi connectivity index (χ2v) is 17.4. The fourth-order valence-corrected chi connectivity index (χ4v) is 9.28. The molecule has 12 aromatic rings. The molecule has 13 heteroatoms. The van der Waals surface area contributed by atoms with E-state index in [1.807, 2.05) is 48.7 Å². The molecule has 0 radical (unpaired) electrons. The Morgan fingerprint density at radius 2 is 0.776 bits per heavy atom. The number of carboxylic acids is 1. The summed E-state index contributed by atoms with van der Waals surface area (Å²) in [6.45, 7) is 0. The average molecular weight is 1110 g/mol. The Labute approximate surface area is 460 Å². The van der Waals surface area contributed by atoms with Crippen molar-refractivity contribution in [2.24, 2.45) is 0 Å². The van der Waals surface area contributed by atoms with Crippen molar-refractivity contribution in [1.29, 1.82) is 0 Å². The van der Waals surface area contributed by atoms with Gasteiger partial charge in [0.25, 0.3) is 0 Å². The number of para-hydroxylation sites is 4. The number of benzene rings is 6. The molecule has 0 amide bonds. The van der Waals surface area contributed by atoms with Gasteiger partial charge in [-0.2, -0.15) is 10.3 Å². The number of pyridine rings is 4. The number of hydrogen-bond acceptors (Lipinski definition) is 7. The van der Waals surface area contributed by atoms with Crippen LogP contribution < -0.4 is 0 Å². The average Bonchev–Trinajstić information content (AvgIpc) is 3.98. The van der Waals surface area contributed by atoms with Crippen LogP contribution in [0.15, 0.2) is 213 Å². The van der Waals surface area contributed by atoms with Gasteiger partial charge in [-0.1, -0.05) is 152 Å². The summed E-state index contributed by atoms with van der Waals surface area (Å²) in [5, 5.41) is 31.5. The molecule has 0 atom stereocenters. The Morgan fingerprint density at radius 1 is 0.421 bits per heavy atom. The number of fused-ring (bicyclic) bond motifs is 6. The van der Waals surface area contributed by atoms with Crippen LogP contribution in [0, 0.1) is 0 Å². The van der Waals surface area contributed by atoms with Crippen LogP contribution >= 0.6 is 24.4 Å². The molecule has 0 aliphatic rings. The molecule has 0 saturated heterocycles. The topological polar surface area (TPSA) is 143 Å². The largest absolute Gasteiger partial charge is 2.00 e. The molecule has 6 aromatic carbocycles. The number of carbonyl (C=O) groups is 1. The van der Waals surface area contributed by atoms with Crippen molar-refractivity contribution < 1.29 is 29.4 Å². The molecular formula is C63H40N8O2RuS2. The normalized spacial score (nSPS) is 10.9. The Balaban J connectivity index is 0.000000965. The van der Waals surface area contributed by atoms with Crippen molar-refractivity contribution in [2.45, 2.75) is 0 Å². The van der Waals surface area contributed by atoms with E-state index in [1.165, 1.54) is 72.3 Å². The summed E-state index contributed by atoms with van der Waals surface area (Å²) in [7, 11) is 0. The van der Waals surface area contributed by atoms with Gasteiger partial charge >= 0.3 is 25.4 Å². The molecule has 0 aliphatic heterocycles. The number of thiocarbonyl (C=S) groups is 2. The Bertz CT molecular complexity index is 4110. The molecule has 0 unspecified atom stereocenters. The van der Waals surface area contributed by atoms with E-state index in [4.69, 9.17) is 25.8 Å². The van der Waals surface area contributed by atoms with Crippen LogP contribution in [-0.4, -0.2) is 50.5 Å². The summed E-state index contributed by atoms with van der Waals surface area (Å²) in [5.74, 6) is -1.03. The van der Waals surface area contributed by atoms with Crippen molar-refractivity contribution in [3.05, 3.63) is 251 Å². The first kappa shape index (κ1) is 51.6. The maximum Gasteiger partial charge on any atom is 2.00 e. The summed E-state index contributed by atoms with van der Waals surface area (Å²) < 4.78 is 4.63. The van der Waals surface area contributed by atoms with Gasteiger partial charge in [0.2, 0.25) is 0 Å². The van der Waals surface area contributed by atoms with Crippen LogP contribution in [0.25, 0.3) is 124 Å². The Kier molecular flexibility index (Phi) is 16.1. The number of aromatic carboxylic acids is 1. The number of aromatic nitrogens is 6. The number of carboxylic acid groups (broad SMARTS) is 1. The first-order chi connectivity index (χ1) is 36.8. The molecule has 364 valence electrons. The van der Waals surface area contributed by atoms with Gasteiger partial charge < -0.3 is 25.1 Å². The number of isothiocyanates is 2. The molecule has 10 nitrogen and oxygen atoms in total. The molecule has 6 aromatic heterocycles. The van der Waals surface area contributed by atoms with E-state index >= 15 is 0 Å². The number of hydrogen-bond donors (Lipinski definition) is 1. The summed E-state index contributed by atoms with van der Waals surface area (Å²) >= 11 is 7.40. The molecule has 0 spiro atoms. The van der Waals surface area contributed by atoms with Gasteiger partial charge in [-0.25, -0.2) is 14.8 Å². The van der Waals surface area contributed by atoms with Crippen LogP contribution in [0.4, 0.5) is 0 Å². The monoisotopic (exact) mass is 1110 g/mol. The number of rotatable bonds is 10. The van der Waals surface area contributed by atoms with Crippen LogP contribution in [0.1, 0.15) is 32.6 Å². The molecule has 12 rings (SSSR count). The zero-order valence-electron chi connectivity index (χ0n) is 40.1. The third kappa shape index (κ3) is 11.0. The van der Waals surface area contributed by atoms with E-state index in [1.54, 1.807) is 0 Å². The first-order valence-electron chi connectivity index (χ1n) is 23.6. The summed E-state index contributed by atoms with van der Waals surface area (Å²) in [6.07, 6.45) is 11.7. The van der Waals surface area contributed by atoms with Gasteiger partial charge in [0, 0.05) is 45.3 Å². The summed E-state index contributed by atoms with van der Waals surface area (Å²) in [6, 6.07) is 68.0. The Hall–Kier alpha value is -9.31. The van der Waals surface area contributed by atoms with Crippen molar-refractivity contribution in [1.82, 2.24) is 29.1 Å². The molecule has 0 aliphatic carbocycles. The van der Waals surface area contributed by atoms with Crippen LogP contribution in [-0.2, 0) is 19.5 Å². The molecule has 1 N–H and O–H groups in total. The van der Waals surface area contributed by atoms with E-state index in [0.29, 0.717) is 34.2 Å². The van der Waals surface area contributed by atoms with Gasteiger partial charge in [-0.15, -0.1) is 0 Å². The number of nitrogens with zero attached hydrogens (tertiary/aromatic N) is 8. The molecule has 0 saturated carbocycles. The van der Waals surface area contributed by atoms with E-state index in [9.17, 15) is 9.90 Å². The minimum absolute atomic E-state index is 0. The standard InChI is InChI=1S/C61H40N6O2.2CNS.Ru/c68-61(69)44-33-35-63-54(39-44)51-14-9-15-52(64-51)55-37-43(23-21-41-26-30-46(31-27-41)67-59-18-7-3-12-49(59)50-13-4-8-19-60(50)67)38-56(65-55)53-36-42(32-34-62-53)22-20-40-24-28-45(29-25-40)66-57-16-5-1-10-47(57)48-11-2-6-17-58(48)66;2*2-1-3;/h1-39H,(H,68,69);;;/q;2*-1;+2/b22-20+,23-21+;;;. The summed E-state index contributed by atoms with van der Waals surface area (Å²) in [4.78, 5) is 31.1. The van der Waals surface area contributed by atoms with Crippen molar-refractivity contribution in [3.8, 4) is 45.5 Å². The van der Waals surface area contributed by atoms with E-state index < -0.39 is 5.97 Å². The van der Waals surface area contributed by atoms with Gasteiger partial charge in [0.1, 0.15) is 0 Å². The zero-order valence-corrected chi connectivity index (χ0v) is 43.5. The van der Waals surface area contributed by atoms with Gasteiger partial charge in [-0.05, 0) is 119 Å².